The summed E-state index contributed by atoms with van der Waals surface area (Å²) in [5.74, 6) is 0.887. The maximum atomic E-state index is 5.06. The Kier molecular flexibility index (Phi) is 8.57. The molecular formula is C51H39N4S+. The van der Waals surface area contributed by atoms with Gasteiger partial charge in [-0.15, -0.1) is 0 Å². The molecule has 0 N–H and O–H groups in total. The van der Waals surface area contributed by atoms with Gasteiger partial charge in [0.2, 0.25) is 0 Å². The molecule has 0 bridgehead atoms. The van der Waals surface area contributed by atoms with Crippen molar-refractivity contribution in [1.29, 1.82) is 0 Å². The molecule has 10 rings (SSSR count). The van der Waals surface area contributed by atoms with Crippen molar-refractivity contribution >= 4 is 44.6 Å². The number of benzene rings is 7. The van der Waals surface area contributed by atoms with E-state index in [2.05, 4.69) is 216 Å². The third-order valence-corrected chi connectivity index (χ3v) is 11.7. The minimum atomic E-state index is 0.358. The Bertz CT molecular complexity index is 2970. The third kappa shape index (κ3) is 5.98. The van der Waals surface area contributed by atoms with Gasteiger partial charge >= 0.3 is 0 Å². The summed E-state index contributed by atoms with van der Waals surface area (Å²) in [6.07, 6.45) is 4.19. The van der Waals surface area contributed by atoms with Crippen LogP contribution in [-0.2, 0) is 0 Å². The molecule has 0 saturated heterocycles. The number of pyridine rings is 1. The molecule has 3 aromatic heterocycles. The molecule has 4 nitrogen and oxygen atoms in total. The predicted octanol–water partition coefficient (Wildman–Crippen LogP) is 13.9. The number of aromatic nitrogens is 4. The van der Waals surface area contributed by atoms with Crippen molar-refractivity contribution in [3.8, 4) is 44.9 Å². The monoisotopic (exact) mass is 739 g/mol. The summed E-state index contributed by atoms with van der Waals surface area (Å²) >= 11 is 1.79. The van der Waals surface area contributed by atoms with E-state index in [0.29, 0.717) is 6.04 Å². The van der Waals surface area contributed by atoms with E-state index in [1.807, 2.05) is 6.20 Å². The van der Waals surface area contributed by atoms with Crippen LogP contribution in [0.1, 0.15) is 19.9 Å². The van der Waals surface area contributed by atoms with E-state index in [9.17, 15) is 0 Å². The molecule has 0 aliphatic rings. The fourth-order valence-electron chi connectivity index (χ4n) is 8.12. The van der Waals surface area contributed by atoms with Crippen LogP contribution in [0.4, 0.5) is 0 Å². The predicted molar refractivity (Wildman–Crippen MR) is 235 cm³/mol. The Labute approximate surface area is 331 Å². The van der Waals surface area contributed by atoms with E-state index in [1.165, 1.54) is 59.4 Å². The Morgan fingerprint density at radius 2 is 1.12 bits per heavy atom. The van der Waals surface area contributed by atoms with Crippen LogP contribution in [0, 0.1) is 0 Å². The summed E-state index contributed by atoms with van der Waals surface area (Å²) < 4.78 is 6.98. The van der Waals surface area contributed by atoms with Gasteiger partial charge in [0.1, 0.15) is 11.5 Å². The molecule has 0 aliphatic carbocycles. The van der Waals surface area contributed by atoms with Gasteiger partial charge in [-0.25, -0.2) is 9.55 Å². The van der Waals surface area contributed by atoms with Crippen molar-refractivity contribution in [2.45, 2.75) is 29.7 Å². The molecule has 10 aromatic rings. The molecular weight excluding hydrogens is 701 g/mol. The summed E-state index contributed by atoms with van der Waals surface area (Å²) in [6.45, 7) is 4.46. The Hall–Kier alpha value is -6.69. The van der Waals surface area contributed by atoms with E-state index >= 15 is 0 Å². The second-order valence-electron chi connectivity index (χ2n) is 14.5. The largest absolute Gasteiger partial charge is 0.294 e. The van der Waals surface area contributed by atoms with Gasteiger partial charge in [-0.3, -0.25) is 4.57 Å². The zero-order valence-corrected chi connectivity index (χ0v) is 32.1. The van der Waals surface area contributed by atoms with Crippen LogP contribution in [0.2, 0.25) is 0 Å². The zero-order valence-electron chi connectivity index (χ0n) is 31.2. The number of nitrogens with zero attached hydrogens (tertiary/aromatic N) is 4. The van der Waals surface area contributed by atoms with Crippen LogP contribution in [0.25, 0.3) is 77.7 Å². The zero-order chi connectivity index (χ0) is 37.6. The lowest BCUT2D eigenvalue weighted by molar-refractivity contribution is 0.612. The van der Waals surface area contributed by atoms with Crippen molar-refractivity contribution in [3.05, 3.63) is 195 Å². The van der Waals surface area contributed by atoms with E-state index in [-0.39, 0.29) is 0 Å². The quantitative estimate of drug-likeness (QED) is 0.145. The molecule has 268 valence electrons. The number of fused-ring (bicyclic) bond motifs is 4. The Morgan fingerprint density at radius 3 is 1.86 bits per heavy atom. The average Bonchev–Trinajstić information content (AvgIpc) is 3.81. The van der Waals surface area contributed by atoms with Gasteiger partial charge in [0, 0.05) is 51.0 Å². The second kappa shape index (κ2) is 14.2. The summed E-state index contributed by atoms with van der Waals surface area (Å²) in [5, 5.41) is 2.42. The standard InChI is InChI=1S/C51H39N4S/c1-35(2)53-34-54(48-26-12-11-25-47(48)53)39-19-13-20-40(32-39)56-41-27-28-45-44-21-9-10-24-46(44)55(49(45)33-41)50-31-38(29-30-52-50)51-42(36-15-5-3-6-16-36)22-14-23-43(51)37-17-7-4-8-18-37/h3-35H,1-2H3/q+1. The molecule has 3 heterocycles. The third-order valence-electron chi connectivity index (χ3n) is 10.7. The van der Waals surface area contributed by atoms with Gasteiger partial charge in [0.25, 0.3) is 0 Å². The van der Waals surface area contributed by atoms with Crippen molar-refractivity contribution in [1.82, 2.24) is 18.7 Å². The highest BCUT2D eigenvalue weighted by molar-refractivity contribution is 7.99. The molecule has 7 aromatic carbocycles. The lowest BCUT2D eigenvalue weighted by Gasteiger charge is -2.17. The van der Waals surface area contributed by atoms with Crippen molar-refractivity contribution in [2.75, 3.05) is 0 Å². The summed E-state index contributed by atoms with van der Waals surface area (Å²) in [5.41, 5.74) is 12.9. The molecule has 56 heavy (non-hydrogen) atoms. The molecule has 0 aliphatic heterocycles. The average molecular weight is 740 g/mol. The van der Waals surface area contributed by atoms with Crippen LogP contribution < -0.4 is 0 Å². The lowest BCUT2D eigenvalue weighted by Crippen LogP contribution is -1.99. The smallest absolute Gasteiger partial charge is 0.191 e. The molecule has 5 heteroatoms. The van der Waals surface area contributed by atoms with Gasteiger partial charge in [-0.05, 0) is 102 Å². The molecule has 0 fully saturated rings. The number of hydrogen-bond donors (Lipinski definition) is 0. The van der Waals surface area contributed by atoms with Gasteiger partial charge in [0.15, 0.2) is 17.4 Å². The SMILES string of the molecule is CC(C)n1[cH+]n(-c2cccc(Sc3ccc4c5ccccc5n(-c5cc(-c6c(-c7ccccc7)cccc6-c6ccccc6)ccn5)c4c3)c2)c2ccccc21. The van der Waals surface area contributed by atoms with Crippen LogP contribution in [0.5, 0.6) is 0 Å². The van der Waals surface area contributed by atoms with Crippen LogP contribution in [0.3, 0.4) is 0 Å². The first kappa shape index (κ1) is 33.8. The van der Waals surface area contributed by atoms with Crippen molar-refractivity contribution in [3.63, 3.8) is 0 Å². The van der Waals surface area contributed by atoms with Gasteiger partial charge in [-0.2, -0.15) is 4.57 Å². The van der Waals surface area contributed by atoms with E-state index in [0.717, 1.165) is 28.1 Å². The van der Waals surface area contributed by atoms with Gasteiger partial charge < -0.3 is 0 Å². The molecule has 0 atom stereocenters. The first-order valence-corrected chi connectivity index (χ1v) is 20.0. The van der Waals surface area contributed by atoms with Crippen LogP contribution in [-0.4, -0.2) is 18.7 Å². The summed E-state index contributed by atoms with van der Waals surface area (Å²) in [4.78, 5) is 7.42. The Balaban J connectivity index is 1.09. The van der Waals surface area contributed by atoms with Crippen molar-refractivity contribution < 1.29 is 0 Å². The minimum absolute atomic E-state index is 0.358. The minimum Gasteiger partial charge on any atom is -0.294 e. The van der Waals surface area contributed by atoms with Crippen LogP contribution >= 0.6 is 11.8 Å². The highest BCUT2D eigenvalue weighted by Gasteiger charge is 2.20. The van der Waals surface area contributed by atoms with Crippen LogP contribution in [0.15, 0.2) is 204 Å². The molecule has 0 spiro atoms. The number of imidazole rings is 1. The number of para-hydroxylation sites is 3. The first-order chi connectivity index (χ1) is 27.6. The molecule has 0 radical (unpaired) electrons. The topological polar surface area (TPSA) is 27.7 Å². The maximum absolute atomic E-state index is 5.06. The highest BCUT2D eigenvalue weighted by atomic mass is 32.2. The second-order valence-corrected chi connectivity index (χ2v) is 15.6. The summed E-state index contributed by atoms with van der Waals surface area (Å²) in [7, 11) is 0. The fourth-order valence-corrected chi connectivity index (χ4v) is 9.03. The van der Waals surface area contributed by atoms with Gasteiger partial charge in [-0.1, -0.05) is 115 Å². The van der Waals surface area contributed by atoms with E-state index in [4.69, 9.17) is 4.98 Å². The Morgan fingerprint density at radius 1 is 0.500 bits per heavy atom. The molecule has 0 unspecified atom stereocenters. The lowest BCUT2D eigenvalue weighted by atomic mass is 9.88. The normalized spacial score (nSPS) is 11.6. The van der Waals surface area contributed by atoms with E-state index < -0.39 is 0 Å². The molecule has 0 saturated carbocycles. The first-order valence-electron chi connectivity index (χ1n) is 19.1. The number of rotatable bonds is 8. The number of hydrogen-bond acceptors (Lipinski definition) is 2. The van der Waals surface area contributed by atoms with E-state index in [1.54, 1.807) is 11.8 Å². The maximum Gasteiger partial charge on any atom is 0.191 e. The summed E-state index contributed by atoms with van der Waals surface area (Å²) in [6, 6.07) is 65.8. The van der Waals surface area contributed by atoms with Crippen molar-refractivity contribution in [2.24, 2.45) is 0 Å². The van der Waals surface area contributed by atoms with Gasteiger partial charge in [0.05, 0.1) is 17.1 Å². The molecule has 0 amide bonds. The highest BCUT2D eigenvalue weighted by Crippen LogP contribution is 2.42. The fraction of sp³-hybridized carbons (Fsp3) is 0.0588.